The molecular formula is C8H17O4P. The minimum Gasteiger partial charge on any atom is -0.287 e. The molecule has 4 nitrogen and oxygen atoms in total. The van der Waals surface area contributed by atoms with Gasteiger partial charge in [-0.1, -0.05) is 13.8 Å². The van der Waals surface area contributed by atoms with Gasteiger partial charge in [-0.25, -0.2) is 4.57 Å². The Labute approximate surface area is 79.2 Å². The van der Waals surface area contributed by atoms with Gasteiger partial charge >= 0.3 is 7.82 Å². The zero-order valence-electron chi connectivity index (χ0n) is 8.19. The predicted molar refractivity (Wildman–Crippen MR) is 49.5 cm³/mol. The molecule has 13 heavy (non-hydrogen) atoms. The number of rotatable bonds is 5. The smallest absolute Gasteiger partial charge is 0.287 e. The zero-order valence-corrected chi connectivity index (χ0v) is 9.09. The van der Waals surface area contributed by atoms with Gasteiger partial charge in [-0.15, -0.1) is 0 Å². The topological polar surface area (TPSA) is 44.8 Å². The van der Waals surface area contributed by atoms with E-state index in [1.807, 2.05) is 0 Å². The van der Waals surface area contributed by atoms with Gasteiger partial charge in [0.25, 0.3) is 0 Å². The Morgan fingerprint density at radius 2 is 2.00 bits per heavy atom. The molecule has 0 unspecified atom stereocenters. The van der Waals surface area contributed by atoms with Gasteiger partial charge in [0.15, 0.2) is 0 Å². The normalized spacial score (nSPS) is 21.2. The Morgan fingerprint density at radius 3 is 2.54 bits per heavy atom. The average Bonchev–Trinajstić information content (AvgIpc) is 2.47. The van der Waals surface area contributed by atoms with Gasteiger partial charge in [0.05, 0.1) is 19.8 Å². The van der Waals surface area contributed by atoms with Gasteiger partial charge in [0, 0.05) is 0 Å². The molecule has 1 fully saturated rings. The fourth-order valence-electron chi connectivity index (χ4n) is 1.08. The maximum atomic E-state index is 11.4. The lowest BCUT2D eigenvalue weighted by Gasteiger charge is -2.09. The third-order valence-corrected chi connectivity index (χ3v) is 3.25. The molecule has 0 N–H and O–H groups in total. The van der Waals surface area contributed by atoms with E-state index in [1.165, 1.54) is 0 Å². The molecule has 0 amide bonds. The minimum atomic E-state index is -3.13. The maximum absolute atomic E-state index is 11.4. The first-order valence-electron chi connectivity index (χ1n) is 4.66. The van der Waals surface area contributed by atoms with E-state index in [4.69, 9.17) is 13.6 Å². The first-order chi connectivity index (χ1) is 6.12. The summed E-state index contributed by atoms with van der Waals surface area (Å²) in [6.45, 7) is 5.49. The Bertz CT molecular complexity index is 183. The van der Waals surface area contributed by atoms with Crippen molar-refractivity contribution in [1.82, 2.24) is 0 Å². The number of hydrogen-bond acceptors (Lipinski definition) is 4. The summed E-state index contributed by atoms with van der Waals surface area (Å²) in [7, 11) is -3.13. The van der Waals surface area contributed by atoms with E-state index in [1.54, 1.807) is 0 Å². The third-order valence-electron chi connectivity index (χ3n) is 1.76. The quantitative estimate of drug-likeness (QED) is 0.514. The standard InChI is InChI=1S/C8H17O4P/c1-8(2)4-3-5-10-13(9)11-6-7-12-13/h8H,3-7H2,1-2H3. The molecule has 0 aliphatic carbocycles. The first kappa shape index (κ1) is 11.2. The number of phosphoric acid groups is 1. The first-order valence-corrected chi connectivity index (χ1v) is 6.12. The highest BCUT2D eigenvalue weighted by atomic mass is 31.2. The fraction of sp³-hybridized carbons (Fsp3) is 1.00. The highest BCUT2D eigenvalue weighted by Crippen LogP contribution is 2.52. The molecule has 1 aliphatic rings. The lowest BCUT2D eigenvalue weighted by molar-refractivity contribution is 0.185. The van der Waals surface area contributed by atoms with E-state index in [9.17, 15) is 4.57 Å². The van der Waals surface area contributed by atoms with Crippen molar-refractivity contribution in [2.24, 2.45) is 5.92 Å². The van der Waals surface area contributed by atoms with Gasteiger partial charge < -0.3 is 0 Å². The van der Waals surface area contributed by atoms with Crippen LogP contribution in [0, 0.1) is 5.92 Å². The lowest BCUT2D eigenvalue weighted by atomic mass is 10.1. The molecular weight excluding hydrogens is 191 g/mol. The molecule has 0 bridgehead atoms. The van der Waals surface area contributed by atoms with Crippen LogP contribution in [0.3, 0.4) is 0 Å². The third kappa shape index (κ3) is 4.23. The SMILES string of the molecule is CC(C)CCCOP1(=O)OCCO1. The Morgan fingerprint density at radius 1 is 1.38 bits per heavy atom. The van der Waals surface area contributed by atoms with Crippen LogP contribution in [0.25, 0.3) is 0 Å². The molecule has 1 heterocycles. The summed E-state index contributed by atoms with van der Waals surface area (Å²) in [5.41, 5.74) is 0. The number of hydrogen-bond donors (Lipinski definition) is 0. The average molecular weight is 208 g/mol. The van der Waals surface area contributed by atoms with Crippen molar-refractivity contribution in [3.8, 4) is 0 Å². The molecule has 0 radical (unpaired) electrons. The Balaban J connectivity index is 2.08. The fourth-order valence-corrected chi connectivity index (χ4v) is 2.25. The van der Waals surface area contributed by atoms with Crippen molar-refractivity contribution in [2.75, 3.05) is 19.8 Å². The van der Waals surface area contributed by atoms with Crippen molar-refractivity contribution >= 4 is 7.82 Å². The molecule has 5 heteroatoms. The highest BCUT2D eigenvalue weighted by Gasteiger charge is 2.31. The van der Waals surface area contributed by atoms with Gasteiger partial charge in [-0.2, -0.15) is 0 Å². The summed E-state index contributed by atoms with van der Waals surface area (Å²) < 4.78 is 26.2. The zero-order chi connectivity index (χ0) is 9.73. The van der Waals surface area contributed by atoms with Crippen molar-refractivity contribution in [3.63, 3.8) is 0 Å². The van der Waals surface area contributed by atoms with Crippen LogP contribution in [0.2, 0.25) is 0 Å². The van der Waals surface area contributed by atoms with Gasteiger partial charge in [0.2, 0.25) is 0 Å². The molecule has 1 rings (SSSR count). The van der Waals surface area contributed by atoms with Crippen molar-refractivity contribution in [3.05, 3.63) is 0 Å². The molecule has 0 aromatic rings. The van der Waals surface area contributed by atoms with Crippen molar-refractivity contribution in [2.45, 2.75) is 26.7 Å². The van der Waals surface area contributed by atoms with Crippen molar-refractivity contribution < 1.29 is 18.1 Å². The van der Waals surface area contributed by atoms with Crippen molar-refractivity contribution in [1.29, 1.82) is 0 Å². The van der Waals surface area contributed by atoms with Crippen LogP contribution in [0.4, 0.5) is 0 Å². The van der Waals surface area contributed by atoms with Crippen LogP contribution in [-0.2, 0) is 18.1 Å². The van der Waals surface area contributed by atoms with Gasteiger partial charge in [-0.05, 0) is 18.8 Å². The Kier molecular flexibility index (Phi) is 4.39. The van der Waals surface area contributed by atoms with Crippen LogP contribution in [0.5, 0.6) is 0 Å². The van der Waals surface area contributed by atoms with Gasteiger partial charge in [0.1, 0.15) is 0 Å². The summed E-state index contributed by atoms with van der Waals surface area (Å²) >= 11 is 0. The number of phosphoric ester groups is 1. The summed E-state index contributed by atoms with van der Waals surface area (Å²) in [4.78, 5) is 0. The molecule has 1 saturated heterocycles. The molecule has 0 saturated carbocycles. The van der Waals surface area contributed by atoms with E-state index >= 15 is 0 Å². The minimum absolute atomic E-state index is 0.376. The second-order valence-electron chi connectivity index (χ2n) is 3.48. The summed E-state index contributed by atoms with van der Waals surface area (Å²) in [6.07, 6.45) is 1.97. The second-order valence-corrected chi connectivity index (χ2v) is 5.15. The van der Waals surface area contributed by atoms with E-state index in [-0.39, 0.29) is 0 Å². The van der Waals surface area contributed by atoms with Crippen LogP contribution in [-0.4, -0.2) is 19.8 Å². The molecule has 0 aromatic carbocycles. The van der Waals surface area contributed by atoms with Gasteiger partial charge in [-0.3, -0.25) is 13.6 Å². The summed E-state index contributed by atoms with van der Waals surface area (Å²) in [5, 5.41) is 0. The monoisotopic (exact) mass is 208 g/mol. The molecule has 0 spiro atoms. The van der Waals surface area contributed by atoms with Crippen LogP contribution < -0.4 is 0 Å². The predicted octanol–water partition coefficient (Wildman–Crippen LogP) is 2.59. The summed E-state index contributed by atoms with van der Waals surface area (Å²) in [6, 6.07) is 0. The van der Waals surface area contributed by atoms with Crippen LogP contribution >= 0.6 is 7.82 Å². The Hall–Kier alpha value is 0.110. The molecule has 1 aliphatic heterocycles. The van der Waals surface area contributed by atoms with Crippen LogP contribution in [0.15, 0.2) is 0 Å². The molecule has 78 valence electrons. The van der Waals surface area contributed by atoms with E-state index in [0.717, 1.165) is 12.8 Å². The van der Waals surface area contributed by atoms with E-state index < -0.39 is 7.82 Å². The van der Waals surface area contributed by atoms with Crippen LogP contribution in [0.1, 0.15) is 26.7 Å². The second kappa shape index (κ2) is 5.11. The summed E-state index contributed by atoms with van der Waals surface area (Å²) in [5.74, 6) is 0.648. The van der Waals surface area contributed by atoms with E-state index in [0.29, 0.717) is 25.7 Å². The highest BCUT2D eigenvalue weighted by molar-refractivity contribution is 7.48. The maximum Gasteiger partial charge on any atom is 0.474 e. The largest absolute Gasteiger partial charge is 0.474 e. The lowest BCUT2D eigenvalue weighted by Crippen LogP contribution is -1.96. The molecule has 0 atom stereocenters. The molecule has 0 aromatic heterocycles. The van der Waals surface area contributed by atoms with E-state index in [2.05, 4.69) is 13.8 Å².